The van der Waals surface area contributed by atoms with Crippen molar-refractivity contribution in [1.29, 1.82) is 0 Å². The minimum atomic E-state index is 0.0805. The van der Waals surface area contributed by atoms with Crippen LogP contribution in [0.4, 0.5) is 11.5 Å². The fraction of sp³-hybridized carbons (Fsp3) is 0.727. The van der Waals surface area contributed by atoms with E-state index in [1.807, 2.05) is 23.4 Å². The van der Waals surface area contributed by atoms with E-state index in [9.17, 15) is 0 Å². The first-order valence-corrected chi connectivity index (χ1v) is 5.83. The maximum absolute atomic E-state index is 9.11. The summed E-state index contributed by atoms with van der Waals surface area (Å²) < 4.78 is 6.92. The zero-order valence-electron chi connectivity index (χ0n) is 10.8. The summed E-state index contributed by atoms with van der Waals surface area (Å²) in [7, 11) is 1.66. The van der Waals surface area contributed by atoms with Crippen molar-refractivity contribution < 1.29 is 9.84 Å². The monoisotopic (exact) mass is 242 g/mol. The van der Waals surface area contributed by atoms with Crippen LogP contribution in [0.5, 0.6) is 0 Å². The van der Waals surface area contributed by atoms with Crippen LogP contribution in [0.25, 0.3) is 0 Å². The van der Waals surface area contributed by atoms with Crippen LogP contribution in [-0.4, -0.2) is 48.3 Å². The number of ether oxygens (including phenoxy) is 1. The van der Waals surface area contributed by atoms with Crippen LogP contribution in [0.2, 0.25) is 0 Å². The summed E-state index contributed by atoms with van der Waals surface area (Å²) in [4.78, 5) is 2.00. The third kappa shape index (κ3) is 3.10. The summed E-state index contributed by atoms with van der Waals surface area (Å²) in [5.41, 5.74) is 7.53. The molecule has 0 bridgehead atoms. The van der Waals surface area contributed by atoms with Crippen LogP contribution < -0.4 is 10.6 Å². The van der Waals surface area contributed by atoms with Crippen molar-refractivity contribution >= 4 is 11.5 Å². The predicted molar refractivity (Wildman–Crippen MR) is 68.2 cm³/mol. The first-order valence-electron chi connectivity index (χ1n) is 5.83. The van der Waals surface area contributed by atoms with Gasteiger partial charge in [0, 0.05) is 26.7 Å². The highest BCUT2D eigenvalue weighted by Crippen LogP contribution is 2.26. The van der Waals surface area contributed by atoms with Gasteiger partial charge in [-0.05, 0) is 13.8 Å². The molecule has 98 valence electrons. The van der Waals surface area contributed by atoms with Crippen LogP contribution in [0.3, 0.4) is 0 Å². The highest BCUT2D eigenvalue weighted by atomic mass is 16.5. The van der Waals surface area contributed by atoms with Gasteiger partial charge in [-0.3, -0.25) is 0 Å². The van der Waals surface area contributed by atoms with E-state index in [0.717, 1.165) is 18.1 Å². The van der Waals surface area contributed by atoms with E-state index in [1.165, 1.54) is 0 Å². The third-order valence-corrected chi connectivity index (χ3v) is 2.68. The van der Waals surface area contributed by atoms with Gasteiger partial charge in [0.2, 0.25) is 0 Å². The summed E-state index contributed by atoms with van der Waals surface area (Å²) in [6.07, 6.45) is 0. The van der Waals surface area contributed by atoms with E-state index in [0.29, 0.717) is 25.4 Å². The number of hydrogen-bond acceptors (Lipinski definition) is 5. The Kier molecular flexibility index (Phi) is 5.24. The number of nitrogens with two attached hydrogens (primary N) is 1. The van der Waals surface area contributed by atoms with Crippen LogP contribution in [0, 0.1) is 6.92 Å². The summed E-state index contributed by atoms with van der Waals surface area (Å²) in [5, 5.41) is 13.5. The molecule has 6 nitrogen and oxygen atoms in total. The molecule has 0 amide bonds. The van der Waals surface area contributed by atoms with Gasteiger partial charge in [-0.15, -0.1) is 0 Å². The van der Waals surface area contributed by atoms with Gasteiger partial charge in [0.25, 0.3) is 0 Å². The Hall–Kier alpha value is -1.27. The Morgan fingerprint density at radius 3 is 2.71 bits per heavy atom. The lowest BCUT2D eigenvalue weighted by Crippen LogP contribution is -2.32. The fourth-order valence-electron chi connectivity index (χ4n) is 1.78. The number of rotatable bonds is 7. The van der Waals surface area contributed by atoms with E-state index in [1.54, 1.807) is 7.11 Å². The minimum Gasteiger partial charge on any atom is -0.395 e. The Bertz CT molecular complexity index is 351. The summed E-state index contributed by atoms with van der Waals surface area (Å²) in [6.45, 7) is 6.54. The van der Waals surface area contributed by atoms with Crippen molar-refractivity contribution in [2.24, 2.45) is 0 Å². The van der Waals surface area contributed by atoms with Crippen molar-refractivity contribution in [1.82, 2.24) is 9.78 Å². The number of methoxy groups -OCH3 is 1. The highest BCUT2D eigenvalue weighted by Gasteiger charge is 2.17. The normalized spacial score (nSPS) is 10.8. The summed E-state index contributed by atoms with van der Waals surface area (Å²) in [6, 6.07) is 0. The first kappa shape index (κ1) is 13.8. The van der Waals surface area contributed by atoms with Crippen LogP contribution >= 0.6 is 0 Å². The average molecular weight is 242 g/mol. The van der Waals surface area contributed by atoms with Crippen molar-refractivity contribution in [3.63, 3.8) is 0 Å². The quantitative estimate of drug-likeness (QED) is 0.716. The number of aliphatic hydroxyl groups excluding tert-OH is 1. The molecule has 1 aromatic rings. The Labute approximate surface area is 102 Å². The number of hydrogen-bond donors (Lipinski definition) is 2. The fourth-order valence-corrected chi connectivity index (χ4v) is 1.78. The number of aromatic nitrogens is 2. The number of aryl methyl sites for hydroxylation is 2. The lowest BCUT2D eigenvalue weighted by Gasteiger charge is -2.24. The second-order valence-corrected chi connectivity index (χ2v) is 3.84. The van der Waals surface area contributed by atoms with Crippen LogP contribution in [0.15, 0.2) is 0 Å². The Morgan fingerprint density at radius 1 is 1.47 bits per heavy atom. The molecule has 0 radical (unpaired) electrons. The second-order valence-electron chi connectivity index (χ2n) is 3.84. The molecule has 1 heterocycles. The van der Waals surface area contributed by atoms with E-state index in [-0.39, 0.29) is 6.61 Å². The number of aliphatic hydroxyl groups is 1. The van der Waals surface area contributed by atoms with Crippen molar-refractivity contribution in [3.8, 4) is 0 Å². The molecule has 0 aliphatic heterocycles. The minimum absolute atomic E-state index is 0.0805. The average Bonchev–Trinajstić information content (AvgIpc) is 2.61. The van der Waals surface area contributed by atoms with Gasteiger partial charge in [0.1, 0.15) is 0 Å². The van der Waals surface area contributed by atoms with Gasteiger partial charge in [-0.25, -0.2) is 4.68 Å². The maximum atomic E-state index is 9.11. The molecule has 1 aromatic heterocycles. The highest BCUT2D eigenvalue weighted by molar-refractivity contribution is 5.66. The topological polar surface area (TPSA) is 76.5 Å². The smallest absolute Gasteiger partial charge is 0.150 e. The molecular weight excluding hydrogens is 220 g/mol. The van der Waals surface area contributed by atoms with Gasteiger partial charge in [-0.1, -0.05) is 0 Å². The third-order valence-electron chi connectivity index (χ3n) is 2.68. The van der Waals surface area contributed by atoms with Crippen molar-refractivity contribution in [2.45, 2.75) is 20.4 Å². The van der Waals surface area contributed by atoms with Crippen LogP contribution in [0.1, 0.15) is 12.6 Å². The molecule has 0 aromatic carbocycles. The summed E-state index contributed by atoms with van der Waals surface area (Å²) >= 11 is 0. The van der Waals surface area contributed by atoms with Crippen molar-refractivity contribution in [3.05, 3.63) is 5.69 Å². The zero-order valence-corrected chi connectivity index (χ0v) is 10.8. The number of nitrogen functional groups attached to an aromatic ring is 1. The molecule has 17 heavy (non-hydrogen) atoms. The molecule has 0 fully saturated rings. The first-order chi connectivity index (χ1) is 8.15. The summed E-state index contributed by atoms with van der Waals surface area (Å²) in [5.74, 6) is 0.871. The molecule has 0 unspecified atom stereocenters. The lowest BCUT2D eigenvalue weighted by atomic mass is 10.3. The SMILES string of the molecule is CCn1nc(C)c(N)c1N(CCO)CCOC. The molecule has 3 N–H and O–H groups in total. The second kappa shape index (κ2) is 6.46. The lowest BCUT2D eigenvalue weighted by molar-refractivity contribution is 0.202. The molecule has 6 heteroatoms. The molecule has 0 saturated carbocycles. The van der Waals surface area contributed by atoms with E-state index in [2.05, 4.69) is 5.10 Å². The molecule has 0 atom stereocenters. The van der Waals surface area contributed by atoms with E-state index < -0.39 is 0 Å². The van der Waals surface area contributed by atoms with Gasteiger partial charge >= 0.3 is 0 Å². The maximum Gasteiger partial charge on any atom is 0.150 e. The Balaban J connectivity index is 2.98. The number of anilines is 2. The molecule has 0 spiro atoms. The molecule has 0 aliphatic rings. The predicted octanol–water partition coefficient (Wildman–Crippen LogP) is 0.239. The Morgan fingerprint density at radius 2 is 2.18 bits per heavy atom. The molecule has 0 aliphatic carbocycles. The van der Waals surface area contributed by atoms with E-state index in [4.69, 9.17) is 15.6 Å². The largest absolute Gasteiger partial charge is 0.395 e. The van der Waals surface area contributed by atoms with Crippen molar-refractivity contribution in [2.75, 3.05) is 44.0 Å². The standard InChI is InChI=1S/C11H22N4O2/c1-4-15-11(10(12)9(2)13-15)14(5-7-16)6-8-17-3/h16H,4-8,12H2,1-3H3. The van der Waals surface area contributed by atoms with Gasteiger partial charge in [0.15, 0.2) is 5.82 Å². The van der Waals surface area contributed by atoms with Gasteiger partial charge in [-0.2, -0.15) is 5.10 Å². The molecular formula is C11H22N4O2. The molecule has 0 saturated heterocycles. The molecule has 1 rings (SSSR count). The number of nitrogens with zero attached hydrogens (tertiary/aromatic N) is 3. The van der Waals surface area contributed by atoms with Gasteiger partial charge < -0.3 is 20.5 Å². The zero-order chi connectivity index (χ0) is 12.8. The van der Waals surface area contributed by atoms with Gasteiger partial charge in [0.05, 0.1) is 24.6 Å². The van der Waals surface area contributed by atoms with E-state index >= 15 is 0 Å². The van der Waals surface area contributed by atoms with Crippen LogP contribution in [-0.2, 0) is 11.3 Å².